The second kappa shape index (κ2) is 8.82. The van der Waals surface area contributed by atoms with Crippen molar-refractivity contribution in [3.63, 3.8) is 0 Å². The van der Waals surface area contributed by atoms with Crippen molar-refractivity contribution in [2.75, 3.05) is 30.3 Å². The van der Waals surface area contributed by atoms with E-state index in [0.29, 0.717) is 6.10 Å². The summed E-state index contributed by atoms with van der Waals surface area (Å²) in [4.78, 5) is 8.67. The molecule has 1 aromatic rings. The Morgan fingerprint density at radius 2 is 1.81 bits per heavy atom. The molecular formula is C16H28N4O. The molecule has 0 saturated heterocycles. The van der Waals surface area contributed by atoms with Gasteiger partial charge in [0, 0.05) is 18.7 Å². The minimum Gasteiger partial charge on any atom is -0.376 e. The zero-order chi connectivity index (χ0) is 14.9. The summed E-state index contributed by atoms with van der Waals surface area (Å²) < 4.78 is 5.93. The van der Waals surface area contributed by atoms with Crippen LogP contribution in [0.4, 0.5) is 11.6 Å². The van der Waals surface area contributed by atoms with Crippen molar-refractivity contribution in [3.05, 3.63) is 11.9 Å². The smallest absolute Gasteiger partial charge is 0.134 e. The highest BCUT2D eigenvalue weighted by Gasteiger charge is 2.13. The fourth-order valence-electron chi connectivity index (χ4n) is 2.85. The van der Waals surface area contributed by atoms with Crippen LogP contribution in [0, 0.1) is 0 Å². The first kappa shape index (κ1) is 16.0. The molecule has 0 atom stereocenters. The van der Waals surface area contributed by atoms with Crippen molar-refractivity contribution in [2.24, 2.45) is 0 Å². The predicted molar refractivity (Wildman–Crippen MR) is 86.9 cm³/mol. The molecule has 5 nitrogen and oxygen atoms in total. The summed E-state index contributed by atoms with van der Waals surface area (Å²) in [5.74, 6) is 1.86. The molecule has 0 unspecified atom stereocenters. The van der Waals surface area contributed by atoms with E-state index in [2.05, 4.69) is 34.4 Å². The summed E-state index contributed by atoms with van der Waals surface area (Å²) in [6.45, 7) is 6.62. The molecule has 0 aromatic carbocycles. The molecule has 118 valence electrons. The highest BCUT2D eigenvalue weighted by Crippen LogP contribution is 2.21. The minimum absolute atomic E-state index is 0.467. The highest BCUT2D eigenvalue weighted by molar-refractivity contribution is 5.57. The molecule has 1 aliphatic carbocycles. The van der Waals surface area contributed by atoms with Crippen LogP contribution in [0.25, 0.3) is 0 Å². The maximum Gasteiger partial charge on any atom is 0.134 e. The number of nitrogens with zero attached hydrogens (tertiary/aromatic N) is 2. The van der Waals surface area contributed by atoms with E-state index in [1.165, 1.54) is 32.1 Å². The summed E-state index contributed by atoms with van der Waals surface area (Å²) in [5, 5.41) is 6.67. The lowest BCUT2D eigenvalue weighted by atomic mass is 9.98. The molecule has 1 heterocycles. The number of hydrogen-bond donors (Lipinski definition) is 2. The summed E-state index contributed by atoms with van der Waals surface area (Å²) in [5.41, 5.74) is 1.15. The Hall–Kier alpha value is -1.36. The van der Waals surface area contributed by atoms with Gasteiger partial charge >= 0.3 is 0 Å². The highest BCUT2D eigenvalue weighted by atomic mass is 16.5. The van der Waals surface area contributed by atoms with Gasteiger partial charge in [-0.05, 0) is 26.2 Å². The summed E-state index contributed by atoms with van der Waals surface area (Å²) in [7, 11) is 0. The van der Waals surface area contributed by atoms with Crippen LogP contribution in [0.1, 0.15) is 51.5 Å². The van der Waals surface area contributed by atoms with Gasteiger partial charge in [0.2, 0.25) is 0 Å². The fourth-order valence-corrected chi connectivity index (χ4v) is 2.85. The van der Waals surface area contributed by atoms with E-state index in [1.54, 1.807) is 6.33 Å². The van der Waals surface area contributed by atoms with Gasteiger partial charge in [-0.1, -0.05) is 26.2 Å². The first-order chi connectivity index (χ1) is 10.3. The minimum atomic E-state index is 0.467. The molecular weight excluding hydrogens is 264 g/mol. The number of anilines is 2. The Labute approximate surface area is 127 Å². The number of rotatable bonds is 8. The van der Waals surface area contributed by atoms with E-state index >= 15 is 0 Å². The molecule has 0 spiro atoms. The lowest BCUT2D eigenvalue weighted by Crippen LogP contribution is -2.21. The van der Waals surface area contributed by atoms with E-state index in [9.17, 15) is 0 Å². The van der Waals surface area contributed by atoms with Crippen LogP contribution in [0.2, 0.25) is 0 Å². The van der Waals surface area contributed by atoms with Crippen molar-refractivity contribution >= 4 is 11.6 Å². The second-order valence-corrected chi connectivity index (χ2v) is 5.49. The molecule has 0 radical (unpaired) electrons. The lowest BCUT2D eigenvalue weighted by Gasteiger charge is -2.22. The largest absolute Gasteiger partial charge is 0.376 e. The van der Waals surface area contributed by atoms with E-state index in [1.807, 2.05) is 0 Å². The molecule has 21 heavy (non-hydrogen) atoms. The van der Waals surface area contributed by atoms with Crippen molar-refractivity contribution in [1.29, 1.82) is 0 Å². The van der Waals surface area contributed by atoms with Crippen LogP contribution in [-0.4, -0.2) is 35.8 Å². The summed E-state index contributed by atoms with van der Waals surface area (Å²) in [6, 6.07) is 0. The van der Waals surface area contributed by atoms with Gasteiger partial charge in [0.15, 0.2) is 0 Å². The summed E-state index contributed by atoms with van der Waals surface area (Å²) >= 11 is 0. The Morgan fingerprint density at radius 3 is 2.48 bits per heavy atom. The average molecular weight is 292 g/mol. The van der Waals surface area contributed by atoms with Gasteiger partial charge in [0.25, 0.3) is 0 Å². The molecule has 5 heteroatoms. The maximum absolute atomic E-state index is 5.93. The van der Waals surface area contributed by atoms with Gasteiger partial charge in [0.05, 0.1) is 12.7 Å². The number of hydrogen-bond acceptors (Lipinski definition) is 5. The summed E-state index contributed by atoms with van der Waals surface area (Å²) in [6.07, 6.45) is 9.43. The quantitative estimate of drug-likeness (QED) is 0.720. The van der Waals surface area contributed by atoms with Crippen molar-refractivity contribution in [1.82, 2.24) is 9.97 Å². The number of aromatic nitrogens is 2. The number of ether oxygens (including phenoxy) is 1. The van der Waals surface area contributed by atoms with E-state index < -0.39 is 0 Å². The normalized spacial score (nSPS) is 15.9. The van der Waals surface area contributed by atoms with E-state index in [0.717, 1.165) is 43.3 Å². The van der Waals surface area contributed by atoms with Crippen LogP contribution in [0.3, 0.4) is 0 Å². The maximum atomic E-state index is 5.93. The molecule has 0 amide bonds. The van der Waals surface area contributed by atoms with Gasteiger partial charge in [0.1, 0.15) is 18.0 Å². The molecule has 1 saturated carbocycles. The Bertz CT molecular complexity index is 419. The SMILES string of the molecule is CCNc1ncnc(NCCOC2CCCCC2)c1CC. The van der Waals surface area contributed by atoms with E-state index in [4.69, 9.17) is 4.74 Å². The van der Waals surface area contributed by atoms with Crippen molar-refractivity contribution in [2.45, 2.75) is 58.5 Å². The monoisotopic (exact) mass is 292 g/mol. The van der Waals surface area contributed by atoms with Crippen LogP contribution in [0.15, 0.2) is 6.33 Å². The zero-order valence-corrected chi connectivity index (χ0v) is 13.3. The fraction of sp³-hybridized carbons (Fsp3) is 0.750. The molecule has 0 bridgehead atoms. The predicted octanol–water partition coefficient (Wildman–Crippen LogP) is 3.23. The molecule has 2 N–H and O–H groups in total. The topological polar surface area (TPSA) is 59.1 Å². The van der Waals surface area contributed by atoms with Gasteiger partial charge in [-0.2, -0.15) is 0 Å². The second-order valence-electron chi connectivity index (χ2n) is 5.49. The van der Waals surface area contributed by atoms with Gasteiger partial charge in [-0.15, -0.1) is 0 Å². The van der Waals surface area contributed by atoms with Crippen LogP contribution >= 0.6 is 0 Å². The Kier molecular flexibility index (Phi) is 6.73. The van der Waals surface area contributed by atoms with Crippen molar-refractivity contribution < 1.29 is 4.74 Å². The zero-order valence-electron chi connectivity index (χ0n) is 13.3. The van der Waals surface area contributed by atoms with Crippen molar-refractivity contribution in [3.8, 4) is 0 Å². The standard InChI is InChI=1S/C16H28N4O/c1-3-14-15(17-4-2)19-12-20-16(14)18-10-11-21-13-8-6-5-7-9-13/h12-13H,3-11H2,1-2H3,(H2,17,18,19,20). The third-order valence-electron chi connectivity index (χ3n) is 3.94. The molecule has 1 aliphatic rings. The third kappa shape index (κ3) is 4.84. The first-order valence-corrected chi connectivity index (χ1v) is 8.28. The molecule has 1 fully saturated rings. The molecule has 0 aliphatic heterocycles. The van der Waals surface area contributed by atoms with Crippen LogP contribution < -0.4 is 10.6 Å². The molecule has 2 rings (SSSR count). The van der Waals surface area contributed by atoms with Gasteiger partial charge in [-0.3, -0.25) is 0 Å². The first-order valence-electron chi connectivity index (χ1n) is 8.28. The average Bonchev–Trinajstić information content (AvgIpc) is 2.53. The van der Waals surface area contributed by atoms with E-state index in [-0.39, 0.29) is 0 Å². The van der Waals surface area contributed by atoms with Gasteiger partial charge in [-0.25, -0.2) is 9.97 Å². The molecule has 1 aromatic heterocycles. The van der Waals surface area contributed by atoms with Crippen LogP contribution in [-0.2, 0) is 11.2 Å². The third-order valence-corrected chi connectivity index (χ3v) is 3.94. The lowest BCUT2D eigenvalue weighted by molar-refractivity contribution is 0.0347. The Balaban J connectivity index is 1.80. The van der Waals surface area contributed by atoms with Gasteiger partial charge < -0.3 is 15.4 Å². The Morgan fingerprint density at radius 1 is 1.10 bits per heavy atom. The number of nitrogens with one attached hydrogen (secondary N) is 2. The van der Waals surface area contributed by atoms with Crippen LogP contribution in [0.5, 0.6) is 0 Å².